The SMILES string of the molecule is COc1cc(C(=O)N2CCN(c3ncccc3C#N)CC2)ccc1OCC(=O)NC(C)C. The first kappa shape index (κ1) is 22.9. The third kappa shape index (κ3) is 5.46. The van der Waals surface area contributed by atoms with Crippen molar-refractivity contribution in [1.82, 2.24) is 15.2 Å². The Hall–Kier alpha value is -3.80. The molecule has 0 saturated carbocycles. The number of aromatic nitrogens is 1. The molecule has 1 aromatic heterocycles. The predicted octanol–water partition coefficient (Wildman–Crippen LogP) is 1.83. The second kappa shape index (κ2) is 10.5. The minimum atomic E-state index is -0.229. The molecule has 2 amide bonds. The molecule has 0 bridgehead atoms. The van der Waals surface area contributed by atoms with E-state index < -0.39 is 0 Å². The van der Waals surface area contributed by atoms with Crippen LogP contribution in [0.25, 0.3) is 0 Å². The minimum absolute atomic E-state index is 0.0256. The molecule has 1 saturated heterocycles. The van der Waals surface area contributed by atoms with Crippen LogP contribution in [-0.4, -0.2) is 67.6 Å². The largest absolute Gasteiger partial charge is 0.493 e. The predicted molar refractivity (Wildman–Crippen MR) is 119 cm³/mol. The highest BCUT2D eigenvalue weighted by atomic mass is 16.5. The molecule has 0 spiro atoms. The van der Waals surface area contributed by atoms with Gasteiger partial charge >= 0.3 is 0 Å². The lowest BCUT2D eigenvalue weighted by molar-refractivity contribution is -0.123. The Balaban J connectivity index is 1.63. The Labute approximate surface area is 187 Å². The fourth-order valence-electron chi connectivity index (χ4n) is 3.47. The number of benzene rings is 1. The first-order valence-electron chi connectivity index (χ1n) is 10.4. The van der Waals surface area contributed by atoms with Crippen molar-refractivity contribution in [1.29, 1.82) is 5.26 Å². The van der Waals surface area contributed by atoms with Crippen LogP contribution in [-0.2, 0) is 4.79 Å². The van der Waals surface area contributed by atoms with E-state index in [1.165, 1.54) is 7.11 Å². The van der Waals surface area contributed by atoms with Gasteiger partial charge in [-0.25, -0.2) is 4.98 Å². The number of carbonyl (C=O) groups excluding carboxylic acids is 2. The fourth-order valence-corrected chi connectivity index (χ4v) is 3.47. The van der Waals surface area contributed by atoms with Crippen LogP contribution in [0.1, 0.15) is 29.8 Å². The van der Waals surface area contributed by atoms with E-state index in [-0.39, 0.29) is 24.5 Å². The molecule has 2 aromatic rings. The number of methoxy groups -OCH3 is 1. The maximum Gasteiger partial charge on any atom is 0.258 e. The molecule has 9 nitrogen and oxygen atoms in total. The van der Waals surface area contributed by atoms with Gasteiger partial charge in [0.25, 0.3) is 11.8 Å². The summed E-state index contributed by atoms with van der Waals surface area (Å²) in [5.74, 6) is 1.08. The molecule has 1 aliphatic heterocycles. The third-order valence-corrected chi connectivity index (χ3v) is 4.99. The first-order valence-corrected chi connectivity index (χ1v) is 10.4. The number of hydrogen-bond acceptors (Lipinski definition) is 7. The maximum atomic E-state index is 13.0. The number of nitrogens with one attached hydrogen (secondary N) is 1. The van der Waals surface area contributed by atoms with E-state index in [4.69, 9.17) is 9.47 Å². The van der Waals surface area contributed by atoms with Crippen LogP contribution >= 0.6 is 0 Å². The number of pyridine rings is 1. The van der Waals surface area contributed by atoms with Gasteiger partial charge in [-0.3, -0.25) is 9.59 Å². The van der Waals surface area contributed by atoms with E-state index in [2.05, 4.69) is 16.4 Å². The molecule has 1 fully saturated rings. The molecule has 2 heterocycles. The van der Waals surface area contributed by atoms with Crippen LogP contribution in [0.2, 0.25) is 0 Å². The highest BCUT2D eigenvalue weighted by Crippen LogP contribution is 2.29. The number of piperazine rings is 1. The summed E-state index contributed by atoms with van der Waals surface area (Å²) in [6.45, 7) is 5.80. The Bertz CT molecular complexity index is 1010. The normalized spacial score (nSPS) is 13.5. The second-order valence-corrected chi connectivity index (χ2v) is 7.64. The molecule has 3 rings (SSSR count). The Kier molecular flexibility index (Phi) is 7.49. The fraction of sp³-hybridized carbons (Fsp3) is 0.391. The number of hydrogen-bond donors (Lipinski definition) is 1. The summed E-state index contributed by atoms with van der Waals surface area (Å²) in [5, 5.41) is 12.0. The van der Waals surface area contributed by atoms with E-state index in [1.807, 2.05) is 18.7 Å². The Morgan fingerprint density at radius 3 is 2.59 bits per heavy atom. The molecule has 0 atom stereocenters. The lowest BCUT2D eigenvalue weighted by Gasteiger charge is -2.35. The van der Waals surface area contributed by atoms with Gasteiger partial charge in [-0.15, -0.1) is 0 Å². The van der Waals surface area contributed by atoms with Gasteiger partial charge in [-0.05, 0) is 44.2 Å². The highest BCUT2D eigenvalue weighted by Gasteiger charge is 2.25. The summed E-state index contributed by atoms with van der Waals surface area (Å²) in [5.41, 5.74) is 1.000. The van der Waals surface area contributed by atoms with E-state index >= 15 is 0 Å². The van der Waals surface area contributed by atoms with E-state index in [0.717, 1.165) is 0 Å². The molecule has 0 unspecified atom stereocenters. The maximum absolute atomic E-state index is 13.0. The molecule has 9 heteroatoms. The highest BCUT2D eigenvalue weighted by molar-refractivity contribution is 5.95. The van der Waals surface area contributed by atoms with Gasteiger partial charge in [-0.2, -0.15) is 5.26 Å². The molecule has 1 aliphatic rings. The van der Waals surface area contributed by atoms with E-state index in [0.29, 0.717) is 54.6 Å². The molecule has 1 N–H and O–H groups in total. The zero-order valence-electron chi connectivity index (χ0n) is 18.5. The average Bonchev–Trinajstić information content (AvgIpc) is 2.81. The Morgan fingerprint density at radius 1 is 1.19 bits per heavy atom. The zero-order chi connectivity index (χ0) is 23.1. The molecule has 0 aliphatic carbocycles. The summed E-state index contributed by atoms with van der Waals surface area (Å²) >= 11 is 0. The molecular formula is C23H27N5O4. The van der Waals surface area contributed by atoms with E-state index in [9.17, 15) is 14.9 Å². The van der Waals surface area contributed by atoms with Crippen molar-refractivity contribution >= 4 is 17.6 Å². The third-order valence-electron chi connectivity index (χ3n) is 4.99. The van der Waals surface area contributed by atoms with E-state index in [1.54, 1.807) is 41.4 Å². The summed E-state index contributed by atoms with van der Waals surface area (Å²) in [6.07, 6.45) is 1.66. The topological polar surface area (TPSA) is 108 Å². The van der Waals surface area contributed by atoms with Crippen LogP contribution in [0, 0.1) is 11.3 Å². The lowest BCUT2D eigenvalue weighted by atomic mass is 10.1. The van der Waals surface area contributed by atoms with Gasteiger partial charge in [0.15, 0.2) is 18.1 Å². The van der Waals surface area contributed by atoms with Crippen LogP contribution in [0.5, 0.6) is 11.5 Å². The molecule has 32 heavy (non-hydrogen) atoms. The van der Waals surface area contributed by atoms with Gasteiger partial charge in [0.2, 0.25) is 0 Å². The first-order chi connectivity index (χ1) is 15.4. The Morgan fingerprint density at radius 2 is 1.94 bits per heavy atom. The van der Waals surface area contributed by atoms with Crippen LogP contribution in [0.4, 0.5) is 5.82 Å². The summed E-state index contributed by atoms with van der Waals surface area (Å²) in [4.78, 5) is 32.9. The van der Waals surface area contributed by atoms with Crippen molar-refractivity contribution in [3.05, 3.63) is 47.7 Å². The van der Waals surface area contributed by atoms with Crippen molar-refractivity contribution in [2.75, 3.05) is 44.8 Å². The lowest BCUT2D eigenvalue weighted by Crippen LogP contribution is -2.49. The number of carbonyl (C=O) groups is 2. The molecule has 0 radical (unpaired) electrons. The molecule has 1 aromatic carbocycles. The standard InChI is InChI=1S/C23H27N5O4/c1-16(2)26-21(29)15-32-19-7-6-17(13-20(19)31-3)23(30)28-11-9-27(10-12-28)22-18(14-24)5-4-8-25-22/h4-8,13,16H,9-12,15H2,1-3H3,(H,26,29). The number of nitriles is 1. The minimum Gasteiger partial charge on any atom is -0.493 e. The average molecular weight is 438 g/mol. The second-order valence-electron chi connectivity index (χ2n) is 7.64. The van der Waals surface area contributed by atoms with Gasteiger partial charge in [0.1, 0.15) is 11.9 Å². The number of ether oxygens (including phenoxy) is 2. The van der Waals surface area contributed by atoms with Crippen molar-refractivity contribution in [2.45, 2.75) is 19.9 Å². The number of rotatable bonds is 7. The van der Waals surface area contributed by atoms with Crippen molar-refractivity contribution in [2.24, 2.45) is 0 Å². The summed E-state index contributed by atoms with van der Waals surface area (Å²) in [6, 6.07) is 10.6. The molecule has 168 valence electrons. The number of amides is 2. The monoisotopic (exact) mass is 437 g/mol. The smallest absolute Gasteiger partial charge is 0.258 e. The molecular weight excluding hydrogens is 410 g/mol. The van der Waals surface area contributed by atoms with Gasteiger partial charge in [-0.1, -0.05) is 0 Å². The number of anilines is 1. The van der Waals surface area contributed by atoms with Crippen molar-refractivity contribution in [3.8, 4) is 17.6 Å². The van der Waals surface area contributed by atoms with Crippen molar-refractivity contribution in [3.63, 3.8) is 0 Å². The van der Waals surface area contributed by atoms with Crippen LogP contribution in [0.15, 0.2) is 36.5 Å². The van der Waals surface area contributed by atoms with Gasteiger partial charge in [0.05, 0.1) is 12.7 Å². The van der Waals surface area contributed by atoms with Gasteiger partial charge < -0.3 is 24.6 Å². The van der Waals surface area contributed by atoms with Crippen LogP contribution in [0.3, 0.4) is 0 Å². The zero-order valence-corrected chi connectivity index (χ0v) is 18.5. The quantitative estimate of drug-likeness (QED) is 0.704. The summed E-state index contributed by atoms with van der Waals surface area (Å²) < 4.78 is 10.9. The van der Waals surface area contributed by atoms with Gasteiger partial charge in [0, 0.05) is 44.0 Å². The summed E-state index contributed by atoms with van der Waals surface area (Å²) in [7, 11) is 1.49. The van der Waals surface area contributed by atoms with Crippen molar-refractivity contribution < 1.29 is 19.1 Å². The van der Waals surface area contributed by atoms with Crippen LogP contribution < -0.4 is 19.7 Å². The number of nitrogens with zero attached hydrogens (tertiary/aromatic N) is 4.